The van der Waals surface area contributed by atoms with Crippen molar-refractivity contribution >= 4 is 67.1 Å². The molecule has 12 nitrogen and oxygen atoms in total. The summed E-state index contributed by atoms with van der Waals surface area (Å²) < 4.78 is 104. The predicted molar refractivity (Wildman–Crippen MR) is 173 cm³/mol. The van der Waals surface area contributed by atoms with E-state index in [0.717, 1.165) is 22.8 Å². The summed E-state index contributed by atoms with van der Waals surface area (Å²) in [6.45, 7) is 3.45. The predicted octanol–water partition coefficient (Wildman–Crippen LogP) is 7.10. The van der Waals surface area contributed by atoms with Crippen molar-refractivity contribution in [3.05, 3.63) is 58.1 Å². The van der Waals surface area contributed by atoms with E-state index in [1.165, 1.54) is 30.7 Å². The van der Waals surface area contributed by atoms with Crippen molar-refractivity contribution in [3.8, 4) is 23.0 Å². The molecule has 0 aliphatic carbocycles. The lowest BCUT2D eigenvalue weighted by Gasteiger charge is -2.08. The molecule has 6 aromatic heterocycles. The summed E-state index contributed by atoms with van der Waals surface area (Å²) in [7, 11) is -0.552. The van der Waals surface area contributed by atoms with Crippen molar-refractivity contribution in [1.82, 2.24) is 49.5 Å². The highest BCUT2D eigenvalue weighted by Crippen LogP contribution is 2.34. The molecule has 6 rings (SSSR count). The van der Waals surface area contributed by atoms with Crippen LogP contribution in [0.15, 0.2) is 46.2 Å². The standard InChI is InChI=1S/C14H11ClF3N5O2S.C14H11ClF3N5S/c1-3-26(24,25)8-4-5-10(15)20-11(8)13-19-7-6-9(14(16,17)18)21-22-12(7)23(13)2;1-3-24-8-4-5-10(15)20-11(8)13-19-7-6-9(14(16,17)18)21-22-12(7)23(13)2/h4-6H,3H2,1-2H3;4-6H,3H2,1-2H3. The Morgan fingerprint density at radius 3 is 1.62 bits per heavy atom. The normalized spacial score (nSPS) is 12.4. The Morgan fingerprint density at radius 2 is 1.16 bits per heavy atom. The van der Waals surface area contributed by atoms with Crippen LogP contribution in [-0.4, -0.2) is 69.4 Å². The van der Waals surface area contributed by atoms with Gasteiger partial charge in [0.2, 0.25) is 0 Å². The van der Waals surface area contributed by atoms with E-state index in [1.54, 1.807) is 29.4 Å². The van der Waals surface area contributed by atoms with E-state index in [9.17, 15) is 34.8 Å². The molecule has 0 amide bonds. The Hall–Kier alpha value is -4.14. The number of halogens is 8. The molecule has 0 saturated heterocycles. The van der Waals surface area contributed by atoms with Gasteiger partial charge in [0, 0.05) is 31.1 Å². The maximum absolute atomic E-state index is 12.8. The van der Waals surface area contributed by atoms with Gasteiger partial charge >= 0.3 is 12.4 Å². The van der Waals surface area contributed by atoms with Gasteiger partial charge < -0.3 is 9.13 Å². The summed E-state index contributed by atoms with van der Waals surface area (Å²) >= 11 is 13.4. The molecule has 6 aromatic rings. The van der Waals surface area contributed by atoms with Crippen LogP contribution in [0.4, 0.5) is 26.3 Å². The average molecular weight is 780 g/mol. The number of pyridine rings is 2. The van der Waals surface area contributed by atoms with E-state index in [0.29, 0.717) is 11.5 Å². The monoisotopic (exact) mass is 778 g/mol. The summed E-state index contributed by atoms with van der Waals surface area (Å²) in [5.41, 5.74) is -1.54. The minimum Gasteiger partial charge on any atom is -0.309 e. The van der Waals surface area contributed by atoms with Crippen LogP contribution in [0.3, 0.4) is 0 Å². The van der Waals surface area contributed by atoms with Gasteiger partial charge in [0.1, 0.15) is 32.7 Å². The first-order valence-corrected chi connectivity index (χ1v) is 17.5. The zero-order valence-corrected chi connectivity index (χ0v) is 29.2. The fourth-order valence-electron chi connectivity index (χ4n) is 4.52. The first-order valence-electron chi connectivity index (χ1n) is 14.1. The largest absolute Gasteiger partial charge is 0.435 e. The molecule has 0 N–H and O–H groups in total. The lowest BCUT2D eigenvalue weighted by atomic mass is 10.3. The number of fused-ring (bicyclic) bond motifs is 2. The van der Waals surface area contributed by atoms with Crippen LogP contribution in [0, 0.1) is 0 Å². The molecule has 264 valence electrons. The Labute approximate surface area is 293 Å². The Balaban J connectivity index is 0.000000195. The lowest BCUT2D eigenvalue weighted by molar-refractivity contribution is -0.142. The molecule has 0 saturated carbocycles. The number of nitrogens with zero attached hydrogens (tertiary/aromatic N) is 10. The van der Waals surface area contributed by atoms with Crippen molar-refractivity contribution in [1.29, 1.82) is 0 Å². The fraction of sp³-hybridized carbons (Fsp3) is 0.286. The summed E-state index contributed by atoms with van der Waals surface area (Å²) in [5, 5.41) is 13.9. The smallest absolute Gasteiger partial charge is 0.309 e. The zero-order chi connectivity index (χ0) is 36.8. The van der Waals surface area contributed by atoms with Gasteiger partial charge in [-0.3, -0.25) is 0 Å². The Kier molecular flexibility index (Phi) is 10.3. The lowest BCUT2D eigenvalue weighted by Crippen LogP contribution is -2.09. The quantitative estimate of drug-likeness (QED) is 0.0969. The third-order valence-corrected chi connectivity index (χ3v) is 10.0. The minimum absolute atomic E-state index is 0.0168. The highest BCUT2D eigenvalue weighted by Gasteiger charge is 2.35. The van der Waals surface area contributed by atoms with Crippen molar-refractivity contribution in [2.75, 3.05) is 11.5 Å². The molecule has 6 heterocycles. The molecule has 0 atom stereocenters. The second kappa shape index (κ2) is 13.9. The molecule has 22 heteroatoms. The molecule has 0 bridgehead atoms. The Morgan fingerprint density at radius 1 is 0.700 bits per heavy atom. The highest BCUT2D eigenvalue weighted by molar-refractivity contribution is 7.99. The van der Waals surface area contributed by atoms with Crippen LogP contribution in [0.5, 0.6) is 0 Å². The number of rotatable bonds is 6. The number of sulfone groups is 1. The number of hydrogen-bond acceptors (Lipinski definition) is 11. The van der Waals surface area contributed by atoms with Crippen LogP contribution in [0.25, 0.3) is 45.4 Å². The van der Waals surface area contributed by atoms with Crippen LogP contribution < -0.4 is 0 Å². The van der Waals surface area contributed by atoms with Crippen molar-refractivity contribution in [3.63, 3.8) is 0 Å². The number of aryl methyl sites for hydroxylation is 2. The van der Waals surface area contributed by atoms with Crippen molar-refractivity contribution in [2.24, 2.45) is 14.1 Å². The van der Waals surface area contributed by atoms with Crippen molar-refractivity contribution in [2.45, 2.75) is 36.0 Å². The highest BCUT2D eigenvalue weighted by atomic mass is 35.5. The minimum atomic E-state index is -4.68. The van der Waals surface area contributed by atoms with Crippen LogP contribution in [-0.2, 0) is 36.3 Å². The van der Waals surface area contributed by atoms with E-state index in [1.807, 2.05) is 13.0 Å². The first-order chi connectivity index (χ1) is 23.3. The third kappa shape index (κ3) is 7.47. The average Bonchev–Trinajstić information content (AvgIpc) is 3.56. The molecular weight excluding hydrogens is 757 g/mol. The maximum Gasteiger partial charge on any atom is 0.435 e. The molecule has 0 aliphatic rings. The fourth-order valence-corrected chi connectivity index (χ4v) is 6.58. The molecule has 0 unspecified atom stereocenters. The molecule has 0 aromatic carbocycles. The summed E-state index contributed by atoms with van der Waals surface area (Å²) in [5.74, 6) is 1.02. The van der Waals surface area contributed by atoms with Gasteiger partial charge in [-0.1, -0.05) is 37.0 Å². The van der Waals surface area contributed by atoms with Gasteiger partial charge in [0.15, 0.2) is 44.2 Å². The second-order valence-corrected chi connectivity index (χ2v) is 14.5. The van der Waals surface area contributed by atoms with E-state index in [4.69, 9.17) is 23.2 Å². The summed E-state index contributed by atoms with van der Waals surface area (Å²) in [4.78, 5) is 17.4. The number of imidazole rings is 2. The van der Waals surface area contributed by atoms with E-state index < -0.39 is 33.6 Å². The molecule has 0 spiro atoms. The van der Waals surface area contributed by atoms with Gasteiger partial charge in [-0.15, -0.1) is 32.2 Å². The van der Waals surface area contributed by atoms with Gasteiger partial charge in [-0.05, 0) is 30.0 Å². The topological polar surface area (TPSA) is 147 Å². The molecular formula is C28H22Cl2F6N10O2S2. The molecule has 0 aliphatic heterocycles. The van der Waals surface area contributed by atoms with Gasteiger partial charge in [-0.25, -0.2) is 28.4 Å². The molecule has 0 radical (unpaired) electrons. The van der Waals surface area contributed by atoms with Crippen LogP contribution >= 0.6 is 35.0 Å². The van der Waals surface area contributed by atoms with Crippen LogP contribution in [0.1, 0.15) is 25.2 Å². The Bertz CT molecular complexity index is 2350. The van der Waals surface area contributed by atoms with E-state index in [2.05, 4.69) is 40.3 Å². The first kappa shape index (κ1) is 37.1. The van der Waals surface area contributed by atoms with Crippen molar-refractivity contribution < 1.29 is 34.8 Å². The van der Waals surface area contributed by atoms with Gasteiger partial charge in [-0.2, -0.15) is 26.3 Å². The van der Waals surface area contributed by atoms with E-state index in [-0.39, 0.29) is 54.8 Å². The SMILES string of the molecule is CCS(=O)(=O)c1ccc(Cl)nc1-c1nc2cc(C(F)(F)F)nnc2n1C.CCSc1ccc(Cl)nc1-c1nc2cc(C(F)(F)F)nnc2n1C. The number of alkyl halides is 6. The third-order valence-electron chi connectivity index (χ3n) is 6.90. The molecule has 50 heavy (non-hydrogen) atoms. The summed E-state index contributed by atoms with van der Waals surface area (Å²) in [6.07, 6.45) is -9.25. The number of hydrogen-bond donors (Lipinski definition) is 0. The molecule has 0 fully saturated rings. The van der Waals surface area contributed by atoms with Gasteiger partial charge in [0.05, 0.1) is 10.6 Å². The zero-order valence-electron chi connectivity index (χ0n) is 26.0. The summed E-state index contributed by atoms with van der Waals surface area (Å²) in [6, 6.07) is 7.69. The maximum atomic E-state index is 12.8. The van der Waals surface area contributed by atoms with E-state index >= 15 is 0 Å². The number of thioether (sulfide) groups is 1. The second-order valence-electron chi connectivity index (χ2n) is 10.2. The van der Waals surface area contributed by atoms with Gasteiger partial charge in [0.25, 0.3) is 0 Å². The van der Waals surface area contributed by atoms with Crippen LogP contribution in [0.2, 0.25) is 10.3 Å². The number of aromatic nitrogens is 10.